The minimum Gasteiger partial charge on any atom is -0.390 e. The molecule has 0 spiro atoms. The highest BCUT2D eigenvalue weighted by atomic mass is 16.3. The molecule has 0 unspecified atom stereocenters. The Morgan fingerprint density at radius 1 is 1.50 bits per heavy atom. The summed E-state index contributed by atoms with van der Waals surface area (Å²) < 4.78 is 0. The molecule has 0 radical (unpaired) electrons. The molecule has 0 aromatic heterocycles. The fraction of sp³-hybridized carbons (Fsp3) is 1.00. The van der Waals surface area contributed by atoms with Crippen molar-refractivity contribution >= 4 is 0 Å². The summed E-state index contributed by atoms with van der Waals surface area (Å²) in [7, 11) is 0. The Morgan fingerprint density at radius 2 is 2.00 bits per heavy atom. The molecule has 0 heterocycles. The Bertz CT molecular complexity index is 96.6. The molecule has 1 aliphatic rings. The first-order valence-electron chi connectivity index (χ1n) is 3.26. The van der Waals surface area contributed by atoms with Crippen LogP contribution in [0, 0.1) is 11.8 Å². The zero-order valence-corrected chi connectivity index (χ0v) is 5.81. The maximum atomic E-state index is 9.35. The lowest BCUT2D eigenvalue weighted by atomic mass is 9.64. The van der Waals surface area contributed by atoms with Crippen LogP contribution < -0.4 is 0 Å². The van der Waals surface area contributed by atoms with Gasteiger partial charge in [0.2, 0.25) is 0 Å². The van der Waals surface area contributed by atoms with E-state index in [-0.39, 0.29) is 5.60 Å². The van der Waals surface area contributed by atoms with Crippen molar-refractivity contribution in [2.45, 2.75) is 32.8 Å². The van der Waals surface area contributed by atoms with Crippen molar-refractivity contribution in [1.82, 2.24) is 0 Å². The summed E-state index contributed by atoms with van der Waals surface area (Å²) in [4.78, 5) is 0. The van der Waals surface area contributed by atoms with Crippen LogP contribution in [-0.2, 0) is 0 Å². The zero-order valence-electron chi connectivity index (χ0n) is 5.81. The van der Waals surface area contributed by atoms with Gasteiger partial charge < -0.3 is 5.11 Å². The molecule has 1 nitrogen and oxygen atoms in total. The molecule has 8 heavy (non-hydrogen) atoms. The molecule has 1 saturated carbocycles. The Morgan fingerprint density at radius 3 is 2.00 bits per heavy atom. The highest BCUT2D eigenvalue weighted by molar-refractivity contribution is 4.94. The van der Waals surface area contributed by atoms with Crippen molar-refractivity contribution in [3.05, 3.63) is 0 Å². The molecule has 1 heteroatoms. The van der Waals surface area contributed by atoms with Gasteiger partial charge in [0.1, 0.15) is 0 Å². The van der Waals surface area contributed by atoms with Gasteiger partial charge in [-0.3, -0.25) is 0 Å². The predicted molar refractivity (Wildman–Crippen MR) is 33.6 cm³/mol. The summed E-state index contributed by atoms with van der Waals surface area (Å²) >= 11 is 0. The quantitative estimate of drug-likeness (QED) is 0.505. The van der Waals surface area contributed by atoms with Crippen molar-refractivity contribution in [1.29, 1.82) is 0 Å². The van der Waals surface area contributed by atoms with E-state index in [1.807, 2.05) is 6.92 Å². The Hall–Kier alpha value is -0.0400. The van der Waals surface area contributed by atoms with E-state index in [9.17, 15) is 5.11 Å². The van der Waals surface area contributed by atoms with Crippen LogP contribution in [0.5, 0.6) is 0 Å². The minimum atomic E-state index is -0.348. The molecule has 0 aliphatic heterocycles. The molecule has 3 atom stereocenters. The Labute approximate surface area is 50.7 Å². The molecule has 48 valence electrons. The van der Waals surface area contributed by atoms with Crippen LogP contribution in [0.4, 0.5) is 0 Å². The van der Waals surface area contributed by atoms with Crippen LogP contribution in [-0.4, -0.2) is 10.7 Å². The van der Waals surface area contributed by atoms with Gasteiger partial charge >= 0.3 is 0 Å². The van der Waals surface area contributed by atoms with E-state index < -0.39 is 0 Å². The van der Waals surface area contributed by atoms with E-state index >= 15 is 0 Å². The van der Waals surface area contributed by atoms with Gasteiger partial charge in [-0.2, -0.15) is 0 Å². The molecule has 0 saturated heterocycles. The standard InChI is InChI=1S/C7H14O/c1-5-4-7(3,8)6(5)2/h5-6,8H,4H2,1-3H3/t5-,6-,7+/m0/s1. The topological polar surface area (TPSA) is 20.2 Å². The van der Waals surface area contributed by atoms with E-state index in [4.69, 9.17) is 0 Å². The van der Waals surface area contributed by atoms with Gasteiger partial charge in [0.05, 0.1) is 5.60 Å². The van der Waals surface area contributed by atoms with Gasteiger partial charge in [0, 0.05) is 0 Å². The molecule has 1 fully saturated rings. The summed E-state index contributed by atoms with van der Waals surface area (Å²) in [6.07, 6.45) is 0.980. The second-order valence-corrected chi connectivity index (χ2v) is 3.33. The number of hydrogen-bond acceptors (Lipinski definition) is 1. The third-order valence-corrected chi connectivity index (χ3v) is 2.57. The van der Waals surface area contributed by atoms with E-state index in [0.29, 0.717) is 5.92 Å². The molecule has 1 aliphatic carbocycles. The predicted octanol–water partition coefficient (Wildman–Crippen LogP) is 1.41. The molecule has 1 rings (SSSR count). The van der Waals surface area contributed by atoms with Gasteiger partial charge in [0.15, 0.2) is 0 Å². The minimum absolute atomic E-state index is 0.348. The first kappa shape index (κ1) is 6.09. The maximum absolute atomic E-state index is 9.35. The summed E-state index contributed by atoms with van der Waals surface area (Å²) in [5.74, 6) is 1.23. The van der Waals surface area contributed by atoms with Crippen LogP contribution >= 0.6 is 0 Å². The van der Waals surface area contributed by atoms with Crippen LogP contribution in [0.25, 0.3) is 0 Å². The summed E-state index contributed by atoms with van der Waals surface area (Å²) in [6, 6.07) is 0. The van der Waals surface area contributed by atoms with Gasteiger partial charge in [-0.25, -0.2) is 0 Å². The van der Waals surface area contributed by atoms with Crippen molar-refractivity contribution in [3.63, 3.8) is 0 Å². The summed E-state index contributed by atoms with van der Waals surface area (Å²) in [6.45, 7) is 6.20. The lowest BCUT2D eigenvalue weighted by Gasteiger charge is -2.46. The van der Waals surface area contributed by atoms with Crippen molar-refractivity contribution in [3.8, 4) is 0 Å². The molecule has 0 aromatic rings. The highest BCUT2D eigenvalue weighted by Crippen LogP contribution is 2.42. The lowest BCUT2D eigenvalue weighted by Crippen LogP contribution is -2.48. The first-order valence-corrected chi connectivity index (χ1v) is 3.26. The van der Waals surface area contributed by atoms with Gasteiger partial charge in [-0.05, 0) is 25.2 Å². The number of rotatable bonds is 0. The van der Waals surface area contributed by atoms with E-state index in [0.717, 1.165) is 12.3 Å². The average Bonchev–Trinajstić information content (AvgIpc) is 1.65. The van der Waals surface area contributed by atoms with Crippen molar-refractivity contribution in [2.75, 3.05) is 0 Å². The lowest BCUT2D eigenvalue weighted by molar-refractivity contribution is -0.109. The highest BCUT2D eigenvalue weighted by Gasteiger charge is 2.43. The van der Waals surface area contributed by atoms with Crippen LogP contribution in [0.15, 0.2) is 0 Å². The zero-order chi connectivity index (χ0) is 6.36. The van der Waals surface area contributed by atoms with Crippen LogP contribution in [0.3, 0.4) is 0 Å². The maximum Gasteiger partial charge on any atom is 0.0650 e. The molecule has 1 N–H and O–H groups in total. The van der Waals surface area contributed by atoms with Gasteiger partial charge in [0.25, 0.3) is 0 Å². The second kappa shape index (κ2) is 1.47. The average molecular weight is 114 g/mol. The molecule has 0 bridgehead atoms. The number of hydrogen-bond donors (Lipinski definition) is 1. The molecular weight excluding hydrogens is 100 g/mol. The fourth-order valence-electron chi connectivity index (χ4n) is 1.47. The van der Waals surface area contributed by atoms with Gasteiger partial charge in [-0.1, -0.05) is 13.8 Å². The van der Waals surface area contributed by atoms with Gasteiger partial charge in [-0.15, -0.1) is 0 Å². The normalized spacial score (nSPS) is 55.5. The Balaban J connectivity index is 2.47. The summed E-state index contributed by atoms with van der Waals surface area (Å²) in [5.41, 5.74) is -0.348. The Kier molecular flexibility index (Phi) is 1.12. The second-order valence-electron chi connectivity index (χ2n) is 3.33. The van der Waals surface area contributed by atoms with Crippen molar-refractivity contribution in [2.24, 2.45) is 11.8 Å². The smallest absolute Gasteiger partial charge is 0.0650 e. The summed E-state index contributed by atoms with van der Waals surface area (Å²) in [5, 5.41) is 9.35. The van der Waals surface area contributed by atoms with E-state index in [1.165, 1.54) is 0 Å². The van der Waals surface area contributed by atoms with Crippen molar-refractivity contribution < 1.29 is 5.11 Å². The van der Waals surface area contributed by atoms with Crippen LogP contribution in [0.2, 0.25) is 0 Å². The fourth-order valence-corrected chi connectivity index (χ4v) is 1.47. The van der Waals surface area contributed by atoms with E-state index in [2.05, 4.69) is 13.8 Å². The van der Waals surface area contributed by atoms with Crippen LogP contribution in [0.1, 0.15) is 27.2 Å². The largest absolute Gasteiger partial charge is 0.390 e. The monoisotopic (exact) mass is 114 g/mol. The molecule has 0 aromatic carbocycles. The third kappa shape index (κ3) is 0.655. The number of aliphatic hydroxyl groups is 1. The SMILES string of the molecule is C[C@H]1C[C@@](C)(O)[C@H]1C. The third-order valence-electron chi connectivity index (χ3n) is 2.57. The molecular formula is C7H14O. The molecule has 0 amide bonds. The van der Waals surface area contributed by atoms with E-state index in [1.54, 1.807) is 0 Å². The first-order chi connectivity index (χ1) is 3.54.